The number of carbonyl (C=O) groups excluding carboxylic acids is 2. The van der Waals surface area contributed by atoms with Crippen LogP contribution in [0.2, 0.25) is 0 Å². The van der Waals surface area contributed by atoms with Crippen LogP contribution in [0.25, 0.3) is 6.08 Å². The van der Waals surface area contributed by atoms with Crippen LogP contribution in [0.15, 0.2) is 29.8 Å². The van der Waals surface area contributed by atoms with Gasteiger partial charge in [0, 0.05) is 5.56 Å². The van der Waals surface area contributed by atoms with E-state index in [0.29, 0.717) is 0 Å². The summed E-state index contributed by atoms with van der Waals surface area (Å²) in [7, 11) is 0. The van der Waals surface area contributed by atoms with Gasteiger partial charge in [0.1, 0.15) is 11.4 Å². The van der Waals surface area contributed by atoms with Crippen LogP contribution in [-0.2, 0) is 14.3 Å². The number of rotatable bonds is 4. The lowest BCUT2D eigenvalue weighted by Crippen LogP contribution is -2.17. The normalized spacial score (nSPS) is 11.5. The molecule has 0 saturated carbocycles. The van der Waals surface area contributed by atoms with E-state index in [1.807, 2.05) is 0 Å². The standard InChI is InChI=1S/C14H15FO3/c1-9(2)18-14(17)12(10(3)16)8-11-6-4-5-7-13(11)15/h4-9H,1-3H3/b12-8+. The largest absolute Gasteiger partial charge is 0.459 e. The van der Waals surface area contributed by atoms with Crippen LogP contribution >= 0.6 is 0 Å². The highest BCUT2D eigenvalue weighted by Crippen LogP contribution is 2.13. The number of ether oxygens (including phenoxy) is 1. The second-order valence-electron chi connectivity index (χ2n) is 4.09. The first-order valence-corrected chi connectivity index (χ1v) is 5.60. The Balaban J connectivity index is 3.10. The van der Waals surface area contributed by atoms with Crippen LogP contribution in [0.3, 0.4) is 0 Å². The van der Waals surface area contributed by atoms with Crippen molar-refractivity contribution in [3.63, 3.8) is 0 Å². The van der Waals surface area contributed by atoms with Crippen LogP contribution in [-0.4, -0.2) is 17.9 Å². The van der Waals surface area contributed by atoms with E-state index < -0.39 is 17.6 Å². The molecule has 0 heterocycles. The average Bonchev–Trinajstić information content (AvgIpc) is 2.26. The minimum absolute atomic E-state index is 0.159. The predicted molar refractivity (Wildman–Crippen MR) is 66.3 cm³/mol. The van der Waals surface area contributed by atoms with Crippen LogP contribution in [0.4, 0.5) is 4.39 Å². The number of hydrogen-bond donors (Lipinski definition) is 0. The fraction of sp³-hybridized carbons (Fsp3) is 0.286. The van der Waals surface area contributed by atoms with Gasteiger partial charge in [-0.1, -0.05) is 18.2 Å². The molecular weight excluding hydrogens is 235 g/mol. The molecular formula is C14H15FO3. The zero-order chi connectivity index (χ0) is 13.7. The summed E-state index contributed by atoms with van der Waals surface area (Å²) in [6, 6.07) is 5.91. The summed E-state index contributed by atoms with van der Waals surface area (Å²) >= 11 is 0. The van der Waals surface area contributed by atoms with E-state index in [0.717, 1.165) is 0 Å². The monoisotopic (exact) mass is 250 g/mol. The fourth-order valence-electron chi connectivity index (χ4n) is 1.33. The summed E-state index contributed by atoms with van der Waals surface area (Å²) in [5, 5.41) is 0. The van der Waals surface area contributed by atoms with E-state index >= 15 is 0 Å². The molecule has 0 aliphatic carbocycles. The van der Waals surface area contributed by atoms with Gasteiger partial charge in [-0.25, -0.2) is 9.18 Å². The van der Waals surface area contributed by atoms with Gasteiger partial charge in [-0.15, -0.1) is 0 Å². The number of Topliss-reactive ketones (excluding diaryl/α,β-unsaturated/α-hetero) is 1. The molecule has 0 saturated heterocycles. The van der Waals surface area contributed by atoms with E-state index in [2.05, 4.69) is 0 Å². The predicted octanol–water partition coefficient (Wildman–Crippen LogP) is 2.75. The third-order valence-corrected chi connectivity index (χ3v) is 2.15. The molecule has 0 spiro atoms. The number of esters is 1. The Morgan fingerprint density at radius 2 is 1.89 bits per heavy atom. The van der Waals surface area contributed by atoms with E-state index in [-0.39, 0.29) is 17.2 Å². The molecule has 0 amide bonds. The van der Waals surface area contributed by atoms with Gasteiger partial charge in [0.05, 0.1) is 6.10 Å². The minimum Gasteiger partial charge on any atom is -0.459 e. The Bertz CT molecular complexity index is 490. The Kier molecular flexibility index (Phi) is 4.77. The van der Waals surface area contributed by atoms with Crippen molar-refractivity contribution >= 4 is 17.8 Å². The first-order chi connectivity index (χ1) is 8.41. The first-order valence-electron chi connectivity index (χ1n) is 5.60. The van der Waals surface area contributed by atoms with Crippen molar-refractivity contribution in [3.8, 4) is 0 Å². The van der Waals surface area contributed by atoms with Gasteiger partial charge < -0.3 is 4.74 Å². The number of halogens is 1. The smallest absolute Gasteiger partial charge is 0.342 e. The zero-order valence-electron chi connectivity index (χ0n) is 10.6. The van der Waals surface area contributed by atoms with Crippen LogP contribution < -0.4 is 0 Å². The molecule has 18 heavy (non-hydrogen) atoms. The average molecular weight is 250 g/mol. The quantitative estimate of drug-likeness (QED) is 0.357. The maximum absolute atomic E-state index is 13.4. The SMILES string of the molecule is CC(=O)/C(=C\c1ccccc1F)C(=O)OC(C)C. The molecule has 0 aliphatic rings. The van der Waals surface area contributed by atoms with Crippen molar-refractivity contribution < 1.29 is 18.7 Å². The number of hydrogen-bond acceptors (Lipinski definition) is 3. The van der Waals surface area contributed by atoms with E-state index in [1.54, 1.807) is 19.9 Å². The van der Waals surface area contributed by atoms with Gasteiger partial charge >= 0.3 is 5.97 Å². The Morgan fingerprint density at radius 3 is 2.39 bits per heavy atom. The Labute approximate surface area is 105 Å². The molecule has 4 heteroatoms. The van der Waals surface area contributed by atoms with Crippen molar-refractivity contribution in [2.75, 3.05) is 0 Å². The van der Waals surface area contributed by atoms with Gasteiger partial charge in [0.2, 0.25) is 0 Å². The Hall–Kier alpha value is -1.97. The molecule has 3 nitrogen and oxygen atoms in total. The number of carbonyl (C=O) groups is 2. The number of ketones is 1. The molecule has 96 valence electrons. The molecule has 0 radical (unpaired) electrons. The highest BCUT2D eigenvalue weighted by molar-refractivity contribution is 6.19. The van der Waals surface area contributed by atoms with Crippen molar-refractivity contribution in [2.24, 2.45) is 0 Å². The molecule has 0 atom stereocenters. The minimum atomic E-state index is -0.735. The summed E-state index contributed by atoms with van der Waals surface area (Å²) in [6.45, 7) is 4.60. The highest BCUT2D eigenvalue weighted by Gasteiger charge is 2.17. The second-order valence-corrected chi connectivity index (χ2v) is 4.09. The maximum Gasteiger partial charge on any atom is 0.342 e. The molecule has 1 aromatic carbocycles. The van der Waals surface area contributed by atoms with Gasteiger partial charge in [0.15, 0.2) is 5.78 Å². The van der Waals surface area contributed by atoms with Gasteiger partial charge in [-0.05, 0) is 32.9 Å². The highest BCUT2D eigenvalue weighted by atomic mass is 19.1. The Morgan fingerprint density at radius 1 is 1.28 bits per heavy atom. The summed E-state index contributed by atoms with van der Waals surface area (Å²) < 4.78 is 18.4. The van der Waals surface area contributed by atoms with E-state index in [4.69, 9.17) is 4.74 Å². The lowest BCUT2D eigenvalue weighted by atomic mass is 10.1. The zero-order valence-corrected chi connectivity index (χ0v) is 10.6. The molecule has 0 unspecified atom stereocenters. The van der Waals surface area contributed by atoms with E-state index in [1.165, 1.54) is 31.2 Å². The van der Waals surface area contributed by atoms with Gasteiger partial charge in [-0.3, -0.25) is 4.79 Å². The molecule has 1 rings (SSSR count). The van der Waals surface area contributed by atoms with Crippen molar-refractivity contribution in [1.82, 2.24) is 0 Å². The lowest BCUT2D eigenvalue weighted by Gasteiger charge is -2.09. The molecule has 0 fully saturated rings. The molecule has 1 aromatic rings. The van der Waals surface area contributed by atoms with Crippen LogP contribution in [0, 0.1) is 5.82 Å². The molecule has 0 aliphatic heterocycles. The van der Waals surface area contributed by atoms with Crippen molar-refractivity contribution in [1.29, 1.82) is 0 Å². The fourth-order valence-corrected chi connectivity index (χ4v) is 1.33. The molecule has 0 bridgehead atoms. The van der Waals surface area contributed by atoms with Gasteiger partial charge in [-0.2, -0.15) is 0 Å². The lowest BCUT2D eigenvalue weighted by molar-refractivity contribution is -0.143. The van der Waals surface area contributed by atoms with Crippen molar-refractivity contribution in [2.45, 2.75) is 26.9 Å². The van der Waals surface area contributed by atoms with Crippen LogP contribution in [0.5, 0.6) is 0 Å². The third kappa shape index (κ3) is 3.80. The van der Waals surface area contributed by atoms with Crippen LogP contribution in [0.1, 0.15) is 26.3 Å². The summed E-state index contributed by atoms with van der Waals surface area (Å²) in [5.41, 5.74) is 0.0252. The summed E-state index contributed by atoms with van der Waals surface area (Å²) in [6.07, 6.45) is 0.878. The maximum atomic E-state index is 13.4. The van der Waals surface area contributed by atoms with E-state index in [9.17, 15) is 14.0 Å². The van der Waals surface area contributed by atoms with Gasteiger partial charge in [0.25, 0.3) is 0 Å². The topological polar surface area (TPSA) is 43.4 Å². The molecule has 0 N–H and O–H groups in total. The first kappa shape index (κ1) is 14.1. The summed E-state index contributed by atoms with van der Waals surface area (Å²) in [5.74, 6) is -1.68. The number of benzene rings is 1. The third-order valence-electron chi connectivity index (χ3n) is 2.15. The molecule has 0 aromatic heterocycles. The second kappa shape index (κ2) is 6.10. The summed E-state index contributed by atoms with van der Waals surface area (Å²) in [4.78, 5) is 23.1. The van der Waals surface area contributed by atoms with Crippen molar-refractivity contribution in [3.05, 3.63) is 41.2 Å².